The van der Waals surface area contributed by atoms with Crippen LogP contribution in [0.15, 0.2) is 0 Å². The molecule has 0 saturated carbocycles. The summed E-state index contributed by atoms with van der Waals surface area (Å²) in [4.78, 5) is 0. The second-order valence-electron chi connectivity index (χ2n) is 13.1. The molecule has 0 heterocycles. The molecule has 0 rings (SSSR count). The molecule has 0 bridgehead atoms. The molecule has 0 spiro atoms. The van der Waals surface area contributed by atoms with E-state index >= 15 is 0 Å². The number of nitrogens with zero attached hydrogens (tertiary/aromatic N) is 1. The SMILES string of the molecule is CCCCCCCCCCCCCCCCCCCCCCCCC[N+](CCCC)(CCCC)CCCC.[Br-]. The number of unbranched alkanes of at least 4 members (excludes halogenated alkanes) is 25. The lowest BCUT2D eigenvalue weighted by atomic mass is 10.0. The van der Waals surface area contributed by atoms with Gasteiger partial charge in [0.15, 0.2) is 0 Å². The fourth-order valence-electron chi connectivity index (χ4n) is 6.38. The highest BCUT2D eigenvalue weighted by atomic mass is 79.9. The lowest BCUT2D eigenvalue weighted by Crippen LogP contribution is -3.00. The Labute approximate surface area is 260 Å². The second-order valence-corrected chi connectivity index (χ2v) is 13.1. The lowest BCUT2D eigenvalue weighted by molar-refractivity contribution is -0.929. The average molecular weight is 617 g/mol. The Bertz CT molecular complexity index is 402. The molecule has 0 saturated heterocycles. The summed E-state index contributed by atoms with van der Waals surface area (Å²) in [6.07, 6.45) is 42.4. The van der Waals surface area contributed by atoms with E-state index in [4.69, 9.17) is 0 Å². The van der Waals surface area contributed by atoms with Crippen molar-refractivity contribution in [2.24, 2.45) is 0 Å². The van der Waals surface area contributed by atoms with Gasteiger partial charge in [-0.05, 0) is 32.1 Å². The summed E-state index contributed by atoms with van der Waals surface area (Å²) in [5.41, 5.74) is 0. The number of hydrogen-bond donors (Lipinski definition) is 0. The van der Waals surface area contributed by atoms with Crippen molar-refractivity contribution >= 4 is 0 Å². The first-order valence-electron chi connectivity index (χ1n) is 18.6. The maximum absolute atomic E-state index is 2.37. The van der Waals surface area contributed by atoms with E-state index in [9.17, 15) is 0 Å². The third kappa shape index (κ3) is 29.7. The topological polar surface area (TPSA) is 0 Å². The van der Waals surface area contributed by atoms with E-state index in [2.05, 4.69) is 27.7 Å². The molecule has 0 aromatic heterocycles. The Morgan fingerprint density at radius 1 is 0.231 bits per heavy atom. The molecular formula is C37H78BrN. The van der Waals surface area contributed by atoms with E-state index in [1.54, 1.807) is 0 Å². The van der Waals surface area contributed by atoms with Crippen molar-refractivity contribution in [1.82, 2.24) is 0 Å². The Balaban J connectivity index is 0. The van der Waals surface area contributed by atoms with E-state index in [0.29, 0.717) is 0 Å². The van der Waals surface area contributed by atoms with E-state index in [0.717, 1.165) is 0 Å². The third-order valence-corrected chi connectivity index (χ3v) is 9.19. The van der Waals surface area contributed by atoms with Crippen LogP contribution in [0.5, 0.6) is 0 Å². The quantitative estimate of drug-likeness (QED) is 0.0508. The molecule has 0 unspecified atom stereocenters. The van der Waals surface area contributed by atoms with Gasteiger partial charge in [-0.15, -0.1) is 0 Å². The predicted molar refractivity (Wildman–Crippen MR) is 176 cm³/mol. The first-order chi connectivity index (χ1) is 18.7. The molecular weight excluding hydrogens is 538 g/mol. The standard InChI is InChI=1S/C37H78N.BrH/c1-5-9-13-14-15-16-17-18-19-20-21-22-23-24-25-26-27-28-29-30-31-32-33-37-38(34-10-6-2,35-11-7-3)36-12-8-4;/h5-37H2,1-4H3;1H/q+1;/p-1. The van der Waals surface area contributed by atoms with Crippen LogP contribution in [0, 0.1) is 0 Å². The van der Waals surface area contributed by atoms with Crippen molar-refractivity contribution in [3.63, 3.8) is 0 Å². The molecule has 0 radical (unpaired) electrons. The monoisotopic (exact) mass is 616 g/mol. The van der Waals surface area contributed by atoms with Crippen LogP contribution >= 0.6 is 0 Å². The number of rotatable bonds is 33. The largest absolute Gasteiger partial charge is 1.00 e. The van der Waals surface area contributed by atoms with Gasteiger partial charge in [-0.25, -0.2) is 0 Å². The minimum Gasteiger partial charge on any atom is -1.00 e. The van der Waals surface area contributed by atoms with Gasteiger partial charge in [0, 0.05) is 0 Å². The highest BCUT2D eigenvalue weighted by molar-refractivity contribution is 4.53. The van der Waals surface area contributed by atoms with Gasteiger partial charge >= 0.3 is 0 Å². The molecule has 0 amide bonds. The van der Waals surface area contributed by atoms with Crippen LogP contribution in [0.25, 0.3) is 0 Å². The minimum atomic E-state index is 0. The second kappa shape index (κ2) is 34.6. The summed E-state index contributed by atoms with van der Waals surface area (Å²) >= 11 is 0. The zero-order valence-corrected chi connectivity index (χ0v) is 29.7. The zero-order valence-electron chi connectivity index (χ0n) is 28.2. The maximum Gasteiger partial charge on any atom is 0.0786 e. The Morgan fingerprint density at radius 3 is 0.641 bits per heavy atom. The molecule has 0 aliphatic heterocycles. The highest BCUT2D eigenvalue weighted by Crippen LogP contribution is 2.19. The van der Waals surface area contributed by atoms with Crippen LogP contribution in [-0.4, -0.2) is 30.7 Å². The van der Waals surface area contributed by atoms with Crippen LogP contribution in [0.4, 0.5) is 0 Å². The van der Waals surface area contributed by atoms with Crippen molar-refractivity contribution in [3.8, 4) is 0 Å². The number of halogens is 1. The molecule has 238 valence electrons. The molecule has 0 aliphatic rings. The van der Waals surface area contributed by atoms with Crippen LogP contribution in [0.1, 0.15) is 214 Å². The normalized spacial score (nSPS) is 11.7. The van der Waals surface area contributed by atoms with Crippen molar-refractivity contribution in [2.75, 3.05) is 26.2 Å². The summed E-state index contributed by atoms with van der Waals surface area (Å²) in [5, 5.41) is 0. The van der Waals surface area contributed by atoms with Crippen LogP contribution < -0.4 is 17.0 Å². The van der Waals surface area contributed by atoms with Crippen LogP contribution in [0.2, 0.25) is 0 Å². The zero-order chi connectivity index (χ0) is 27.8. The lowest BCUT2D eigenvalue weighted by Gasteiger charge is -2.39. The fraction of sp³-hybridized carbons (Fsp3) is 1.00. The molecule has 0 aromatic carbocycles. The number of quaternary nitrogens is 1. The van der Waals surface area contributed by atoms with E-state index in [-0.39, 0.29) is 17.0 Å². The molecule has 39 heavy (non-hydrogen) atoms. The van der Waals surface area contributed by atoms with Crippen molar-refractivity contribution in [1.29, 1.82) is 0 Å². The fourth-order valence-corrected chi connectivity index (χ4v) is 6.38. The predicted octanol–water partition coefficient (Wildman–Crippen LogP) is 10.2. The van der Waals surface area contributed by atoms with Crippen LogP contribution in [0.3, 0.4) is 0 Å². The first-order valence-corrected chi connectivity index (χ1v) is 18.6. The molecule has 0 aromatic rings. The molecule has 0 aliphatic carbocycles. The highest BCUT2D eigenvalue weighted by Gasteiger charge is 2.25. The number of hydrogen-bond acceptors (Lipinski definition) is 0. The van der Waals surface area contributed by atoms with Crippen molar-refractivity contribution in [2.45, 2.75) is 214 Å². The van der Waals surface area contributed by atoms with Gasteiger partial charge in [-0.2, -0.15) is 0 Å². The van der Waals surface area contributed by atoms with Gasteiger partial charge in [0.1, 0.15) is 0 Å². The van der Waals surface area contributed by atoms with Gasteiger partial charge < -0.3 is 21.5 Å². The Hall–Kier alpha value is 0.440. The molecule has 2 heteroatoms. The summed E-state index contributed by atoms with van der Waals surface area (Å²) in [5.74, 6) is 0. The summed E-state index contributed by atoms with van der Waals surface area (Å²) < 4.78 is 1.44. The van der Waals surface area contributed by atoms with Crippen molar-refractivity contribution < 1.29 is 21.5 Å². The van der Waals surface area contributed by atoms with E-state index in [1.807, 2.05) is 0 Å². The summed E-state index contributed by atoms with van der Waals surface area (Å²) in [6, 6.07) is 0. The van der Waals surface area contributed by atoms with Crippen molar-refractivity contribution in [3.05, 3.63) is 0 Å². The van der Waals surface area contributed by atoms with Gasteiger partial charge in [-0.1, -0.05) is 182 Å². The Morgan fingerprint density at radius 2 is 0.410 bits per heavy atom. The minimum absolute atomic E-state index is 0. The van der Waals surface area contributed by atoms with Gasteiger partial charge in [0.05, 0.1) is 26.2 Å². The van der Waals surface area contributed by atoms with E-state index < -0.39 is 0 Å². The van der Waals surface area contributed by atoms with Gasteiger partial charge in [0.25, 0.3) is 0 Å². The molecule has 1 nitrogen and oxygen atoms in total. The molecule has 0 fully saturated rings. The van der Waals surface area contributed by atoms with Gasteiger partial charge in [-0.3, -0.25) is 0 Å². The first kappa shape index (κ1) is 41.6. The molecule has 0 N–H and O–H groups in total. The maximum atomic E-state index is 2.37. The third-order valence-electron chi connectivity index (χ3n) is 9.19. The molecule has 0 atom stereocenters. The van der Waals surface area contributed by atoms with Crippen LogP contribution in [-0.2, 0) is 0 Å². The van der Waals surface area contributed by atoms with E-state index in [1.165, 1.54) is 217 Å². The average Bonchev–Trinajstić information content (AvgIpc) is 2.94. The summed E-state index contributed by atoms with van der Waals surface area (Å²) in [6.45, 7) is 15.2. The smallest absolute Gasteiger partial charge is 0.0786 e. The Kier molecular flexibility index (Phi) is 36.9. The summed E-state index contributed by atoms with van der Waals surface area (Å²) in [7, 11) is 0. The van der Waals surface area contributed by atoms with Gasteiger partial charge in [0.2, 0.25) is 0 Å².